The molecule has 0 aliphatic heterocycles. The van der Waals surface area contributed by atoms with Crippen molar-refractivity contribution < 1.29 is 19.4 Å². The van der Waals surface area contributed by atoms with Gasteiger partial charge >= 0.3 is 0 Å². The van der Waals surface area contributed by atoms with Crippen molar-refractivity contribution in [2.24, 2.45) is 0 Å². The summed E-state index contributed by atoms with van der Waals surface area (Å²) in [6.45, 7) is 0. The van der Waals surface area contributed by atoms with Crippen LogP contribution in [-0.2, 0) is 0 Å². The standard InChI is InChI=1S/C12H9FN2O3/c13-9-5-2-6-10(14-9)15-12(18)11-7(16)3-1-4-8(11)17/h1-6,16-17H,(H,14,15,18). The van der Waals surface area contributed by atoms with Gasteiger partial charge in [-0.3, -0.25) is 4.79 Å². The van der Waals surface area contributed by atoms with Crippen LogP contribution in [0.25, 0.3) is 0 Å². The Balaban J connectivity index is 2.28. The van der Waals surface area contributed by atoms with E-state index >= 15 is 0 Å². The Morgan fingerprint density at radius 2 is 1.72 bits per heavy atom. The molecule has 0 fully saturated rings. The first-order chi connectivity index (χ1) is 8.58. The third kappa shape index (κ3) is 2.37. The number of hydrogen-bond acceptors (Lipinski definition) is 4. The molecule has 1 aromatic heterocycles. The third-order valence-corrected chi connectivity index (χ3v) is 2.20. The molecule has 0 saturated carbocycles. The van der Waals surface area contributed by atoms with Crippen molar-refractivity contribution in [1.82, 2.24) is 4.98 Å². The largest absolute Gasteiger partial charge is 0.507 e. The highest BCUT2D eigenvalue weighted by atomic mass is 19.1. The molecular weight excluding hydrogens is 239 g/mol. The minimum absolute atomic E-state index is 0.0114. The summed E-state index contributed by atoms with van der Waals surface area (Å²) in [5.74, 6) is -2.27. The van der Waals surface area contributed by atoms with Crippen LogP contribution in [0.3, 0.4) is 0 Å². The number of aromatic hydroxyl groups is 2. The van der Waals surface area contributed by atoms with Gasteiger partial charge in [0.2, 0.25) is 5.95 Å². The Labute approximate surface area is 102 Å². The monoisotopic (exact) mass is 248 g/mol. The molecule has 6 heteroatoms. The summed E-state index contributed by atoms with van der Waals surface area (Å²) in [5, 5.41) is 21.2. The molecule has 0 spiro atoms. The minimum Gasteiger partial charge on any atom is -0.507 e. The van der Waals surface area contributed by atoms with Crippen molar-refractivity contribution in [2.45, 2.75) is 0 Å². The van der Waals surface area contributed by atoms with Crippen molar-refractivity contribution in [3.63, 3.8) is 0 Å². The molecule has 2 rings (SSSR count). The van der Waals surface area contributed by atoms with E-state index in [1.165, 1.54) is 30.3 Å². The zero-order valence-electron chi connectivity index (χ0n) is 9.09. The van der Waals surface area contributed by atoms with E-state index in [1.54, 1.807) is 0 Å². The van der Waals surface area contributed by atoms with Crippen LogP contribution >= 0.6 is 0 Å². The first-order valence-corrected chi connectivity index (χ1v) is 5.03. The minimum atomic E-state index is -0.774. The predicted molar refractivity (Wildman–Crippen MR) is 61.9 cm³/mol. The number of benzene rings is 1. The van der Waals surface area contributed by atoms with Crippen LogP contribution < -0.4 is 5.32 Å². The summed E-state index contributed by atoms with van der Waals surface area (Å²) in [7, 11) is 0. The van der Waals surface area contributed by atoms with Crippen molar-refractivity contribution in [1.29, 1.82) is 0 Å². The van der Waals surface area contributed by atoms with Gasteiger partial charge in [0.15, 0.2) is 0 Å². The van der Waals surface area contributed by atoms with Crippen LogP contribution in [0, 0.1) is 5.95 Å². The fourth-order valence-electron chi connectivity index (χ4n) is 1.42. The number of phenolic OH excluding ortho intramolecular Hbond substituents is 2. The lowest BCUT2D eigenvalue weighted by molar-refractivity contribution is 0.102. The average molecular weight is 248 g/mol. The van der Waals surface area contributed by atoms with Gasteiger partial charge in [0, 0.05) is 0 Å². The molecule has 0 aliphatic carbocycles. The molecule has 1 amide bonds. The number of amides is 1. The van der Waals surface area contributed by atoms with Gasteiger partial charge in [0.05, 0.1) is 0 Å². The number of hydrogen-bond donors (Lipinski definition) is 3. The van der Waals surface area contributed by atoms with E-state index < -0.39 is 11.9 Å². The molecule has 3 N–H and O–H groups in total. The number of aromatic nitrogens is 1. The second kappa shape index (κ2) is 4.70. The Morgan fingerprint density at radius 1 is 1.11 bits per heavy atom. The number of pyridine rings is 1. The molecule has 0 saturated heterocycles. The molecule has 0 bridgehead atoms. The molecule has 0 aliphatic rings. The first-order valence-electron chi connectivity index (χ1n) is 5.03. The van der Waals surface area contributed by atoms with Crippen molar-refractivity contribution in [2.75, 3.05) is 5.32 Å². The van der Waals surface area contributed by atoms with Gasteiger partial charge in [-0.2, -0.15) is 4.39 Å². The Hall–Kier alpha value is -2.63. The smallest absolute Gasteiger partial charge is 0.264 e. The lowest BCUT2D eigenvalue weighted by Gasteiger charge is -2.07. The lowest BCUT2D eigenvalue weighted by atomic mass is 10.1. The maximum Gasteiger partial charge on any atom is 0.264 e. The van der Waals surface area contributed by atoms with E-state index in [1.807, 2.05) is 0 Å². The van der Waals surface area contributed by atoms with Crippen LogP contribution in [0.4, 0.5) is 10.2 Å². The number of nitrogens with zero attached hydrogens (tertiary/aromatic N) is 1. The van der Waals surface area contributed by atoms with E-state index in [2.05, 4.69) is 10.3 Å². The van der Waals surface area contributed by atoms with Gasteiger partial charge < -0.3 is 15.5 Å². The molecule has 5 nitrogen and oxygen atoms in total. The quantitative estimate of drug-likeness (QED) is 0.709. The second-order valence-electron chi connectivity index (χ2n) is 3.47. The molecule has 1 heterocycles. The summed E-state index contributed by atoms with van der Waals surface area (Å²) in [6.07, 6.45) is 0. The molecule has 0 unspecified atom stereocenters. The number of anilines is 1. The Morgan fingerprint density at radius 3 is 2.33 bits per heavy atom. The fraction of sp³-hybridized carbons (Fsp3) is 0. The van der Waals surface area contributed by atoms with Crippen LogP contribution in [0.1, 0.15) is 10.4 Å². The summed E-state index contributed by atoms with van der Waals surface area (Å²) in [6, 6.07) is 7.80. The van der Waals surface area contributed by atoms with Crippen molar-refractivity contribution >= 4 is 11.7 Å². The highest BCUT2D eigenvalue weighted by Crippen LogP contribution is 2.26. The van der Waals surface area contributed by atoms with Crippen molar-refractivity contribution in [3.8, 4) is 11.5 Å². The number of halogens is 1. The number of carbonyl (C=O) groups excluding carboxylic acids is 1. The average Bonchev–Trinajstić information content (AvgIpc) is 2.28. The SMILES string of the molecule is O=C(Nc1cccc(F)n1)c1c(O)cccc1O. The summed E-state index contributed by atoms with van der Waals surface area (Å²) < 4.78 is 12.8. The van der Waals surface area contributed by atoms with Gasteiger partial charge in [-0.05, 0) is 24.3 Å². The second-order valence-corrected chi connectivity index (χ2v) is 3.47. The number of nitrogens with one attached hydrogen (secondary N) is 1. The first kappa shape index (κ1) is 11.8. The van der Waals surface area contributed by atoms with Gasteiger partial charge in [-0.25, -0.2) is 4.98 Å². The molecule has 0 radical (unpaired) electrons. The Bertz CT molecular complexity index is 581. The Kier molecular flexibility index (Phi) is 3.09. The summed E-state index contributed by atoms with van der Waals surface area (Å²) in [5.41, 5.74) is -0.288. The zero-order valence-corrected chi connectivity index (χ0v) is 9.09. The van der Waals surface area contributed by atoms with Gasteiger partial charge in [0.1, 0.15) is 22.9 Å². The van der Waals surface area contributed by atoms with E-state index in [0.29, 0.717) is 0 Å². The van der Waals surface area contributed by atoms with Crippen LogP contribution in [0.15, 0.2) is 36.4 Å². The topological polar surface area (TPSA) is 82.5 Å². The molecule has 92 valence electrons. The van der Waals surface area contributed by atoms with Crippen LogP contribution in [-0.4, -0.2) is 21.1 Å². The summed E-state index contributed by atoms with van der Waals surface area (Å²) in [4.78, 5) is 15.2. The third-order valence-electron chi connectivity index (χ3n) is 2.20. The molecular formula is C12H9FN2O3. The van der Waals surface area contributed by atoms with Crippen LogP contribution in [0.5, 0.6) is 11.5 Å². The van der Waals surface area contributed by atoms with Crippen LogP contribution in [0.2, 0.25) is 0 Å². The van der Waals surface area contributed by atoms with E-state index in [9.17, 15) is 19.4 Å². The molecule has 18 heavy (non-hydrogen) atoms. The number of rotatable bonds is 2. The van der Waals surface area contributed by atoms with E-state index in [4.69, 9.17) is 0 Å². The summed E-state index contributed by atoms with van der Waals surface area (Å²) >= 11 is 0. The van der Waals surface area contributed by atoms with Gasteiger partial charge in [-0.15, -0.1) is 0 Å². The molecule has 0 atom stereocenters. The van der Waals surface area contributed by atoms with E-state index in [0.717, 1.165) is 6.07 Å². The normalized spacial score (nSPS) is 10.1. The zero-order chi connectivity index (χ0) is 13.1. The fourth-order valence-corrected chi connectivity index (χ4v) is 1.42. The lowest BCUT2D eigenvalue weighted by Crippen LogP contribution is -2.13. The van der Waals surface area contributed by atoms with E-state index in [-0.39, 0.29) is 22.9 Å². The predicted octanol–water partition coefficient (Wildman–Crippen LogP) is 1.88. The highest BCUT2D eigenvalue weighted by molar-refractivity contribution is 6.07. The maximum absolute atomic E-state index is 12.8. The highest BCUT2D eigenvalue weighted by Gasteiger charge is 2.16. The number of carbonyl (C=O) groups is 1. The molecule has 1 aromatic carbocycles. The van der Waals surface area contributed by atoms with Gasteiger partial charge in [-0.1, -0.05) is 12.1 Å². The van der Waals surface area contributed by atoms with Gasteiger partial charge in [0.25, 0.3) is 5.91 Å². The molecule has 2 aromatic rings. The van der Waals surface area contributed by atoms with Crippen molar-refractivity contribution in [3.05, 3.63) is 47.9 Å². The number of phenols is 2. The maximum atomic E-state index is 12.8.